The normalized spacial score (nSPS) is 18.6. The topological polar surface area (TPSA) is 215 Å². The summed E-state index contributed by atoms with van der Waals surface area (Å²) in [6.45, 7) is 14.5. The first-order valence-corrected chi connectivity index (χ1v) is 21.3. The van der Waals surface area contributed by atoms with Gasteiger partial charge in [0.25, 0.3) is 17.7 Å². The molecule has 17 heteroatoms. The highest BCUT2D eigenvalue weighted by Crippen LogP contribution is 2.33. The zero-order chi connectivity index (χ0) is 44.6. The molecule has 4 aliphatic rings. The second-order valence-corrected chi connectivity index (χ2v) is 17.7. The van der Waals surface area contributed by atoms with E-state index in [1.807, 2.05) is 70.2 Å². The number of hydrogen-bond donors (Lipinski definition) is 5. The average Bonchev–Trinajstić information content (AvgIpc) is 3.49. The van der Waals surface area contributed by atoms with Crippen LogP contribution in [-0.4, -0.2) is 112 Å². The number of amides is 5. The quantitative estimate of drug-likeness (QED) is 0.0599. The van der Waals surface area contributed by atoms with Gasteiger partial charge in [-0.25, -0.2) is 15.8 Å². The van der Waals surface area contributed by atoms with Gasteiger partial charge < -0.3 is 31.2 Å². The molecule has 3 aromatic carbocycles. The number of hydrogen-bond acceptors (Lipinski definition) is 14. The van der Waals surface area contributed by atoms with Gasteiger partial charge in [0, 0.05) is 105 Å². The van der Waals surface area contributed by atoms with E-state index in [0.29, 0.717) is 29.5 Å². The third kappa shape index (κ3) is 9.34. The van der Waals surface area contributed by atoms with Crippen molar-refractivity contribution in [3.8, 4) is 11.3 Å². The lowest BCUT2D eigenvalue weighted by molar-refractivity contribution is -0.136. The van der Waals surface area contributed by atoms with Gasteiger partial charge in [0.2, 0.25) is 17.8 Å². The molecule has 5 heterocycles. The molecule has 0 aliphatic carbocycles. The van der Waals surface area contributed by atoms with Gasteiger partial charge in [-0.05, 0) is 99.8 Å². The highest BCUT2D eigenvalue weighted by atomic mass is 16.2. The van der Waals surface area contributed by atoms with Gasteiger partial charge in [0.05, 0.1) is 16.8 Å². The molecule has 5 amide bonds. The molecule has 0 spiro atoms. The predicted octanol–water partition coefficient (Wildman–Crippen LogP) is 3.25. The van der Waals surface area contributed by atoms with Crippen molar-refractivity contribution >= 4 is 52.5 Å². The molecular weight excluding hydrogens is 801 g/mol. The van der Waals surface area contributed by atoms with Crippen LogP contribution in [-0.2, 0) is 20.9 Å². The van der Waals surface area contributed by atoms with Crippen molar-refractivity contribution in [1.82, 2.24) is 35.4 Å². The first kappa shape index (κ1) is 42.8. The number of piperazine rings is 1. The molecule has 63 heavy (non-hydrogen) atoms. The number of rotatable bonds is 12. The van der Waals surface area contributed by atoms with Crippen molar-refractivity contribution in [2.45, 2.75) is 58.7 Å². The van der Waals surface area contributed by atoms with Crippen LogP contribution in [0.4, 0.5) is 23.0 Å². The second kappa shape index (κ2) is 17.5. The summed E-state index contributed by atoms with van der Waals surface area (Å²) in [6.07, 6.45) is 3.40. The van der Waals surface area contributed by atoms with Gasteiger partial charge >= 0.3 is 0 Å². The smallest absolute Gasteiger partial charge is 0.268 e. The number of fused-ring (bicyclic) bond motifs is 1. The Kier molecular flexibility index (Phi) is 11.9. The van der Waals surface area contributed by atoms with Crippen LogP contribution in [0.5, 0.6) is 0 Å². The Morgan fingerprint density at radius 2 is 1.62 bits per heavy atom. The molecule has 0 bridgehead atoms. The molecule has 3 fully saturated rings. The molecular formula is C46H54N12O5. The first-order chi connectivity index (χ1) is 30.1. The maximum Gasteiger partial charge on any atom is 0.268 e. The maximum atomic E-state index is 13.3. The number of benzene rings is 3. The van der Waals surface area contributed by atoms with Crippen molar-refractivity contribution < 1.29 is 24.0 Å². The Morgan fingerprint density at radius 3 is 2.32 bits per heavy atom. The molecule has 1 unspecified atom stereocenters. The number of carbonyl (C=O) groups excluding carboxylic acids is 5. The summed E-state index contributed by atoms with van der Waals surface area (Å²) in [5, 5.41) is 9.86. The zero-order valence-corrected chi connectivity index (χ0v) is 36.1. The van der Waals surface area contributed by atoms with Crippen molar-refractivity contribution in [3.63, 3.8) is 0 Å². The number of aromatic nitrogens is 2. The monoisotopic (exact) mass is 854 g/mol. The van der Waals surface area contributed by atoms with Gasteiger partial charge in [0.15, 0.2) is 0 Å². The molecule has 328 valence electrons. The van der Waals surface area contributed by atoms with E-state index < -0.39 is 35.6 Å². The summed E-state index contributed by atoms with van der Waals surface area (Å²) < 4.78 is 0. The molecule has 3 saturated heterocycles. The number of carbonyl (C=O) groups is 5. The third-order valence-corrected chi connectivity index (χ3v) is 12.2. The van der Waals surface area contributed by atoms with Gasteiger partial charge in [-0.1, -0.05) is 12.1 Å². The number of anilines is 4. The fourth-order valence-corrected chi connectivity index (χ4v) is 8.30. The van der Waals surface area contributed by atoms with Crippen LogP contribution in [0, 0.1) is 12.8 Å². The van der Waals surface area contributed by atoms with Crippen LogP contribution in [0.1, 0.15) is 65.5 Å². The maximum absolute atomic E-state index is 13.3. The van der Waals surface area contributed by atoms with Crippen molar-refractivity contribution in [3.05, 3.63) is 107 Å². The lowest BCUT2D eigenvalue weighted by Gasteiger charge is -2.45. The summed E-state index contributed by atoms with van der Waals surface area (Å²) in [5.74, 6) is 4.60. The second-order valence-electron chi connectivity index (χ2n) is 17.7. The lowest BCUT2D eigenvalue weighted by Crippen LogP contribution is -2.55. The van der Waals surface area contributed by atoms with Gasteiger partial charge in [-0.2, -0.15) is 0 Å². The van der Waals surface area contributed by atoms with E-state index in [-0.39, 0.29) is 24.1 Å². The number of hydrazine groups is 1. The highest BCUT2D eigenvalue weighted by Gasteiger charge is 2.45. The Hall–Kier alpha value is -6.85. The number of nitrogens with one attached hydrogen (secondary N) is 3. The number of piperidine rings is 1. The SMILES string of the molecule is Cc1cc(-c2ccnc(Nc3ccc(N4CCN(CC5CN(c6ccc7c(c6)C(=O)N(C6CCC(=O)NC6=O)C7=O)C5)CC4)cc3)n2)ccc1CNC(=O)/C(N)=C/N(N)C(C)(C)C. The molecule has 0 radical (unpaired) electrons. The van der Waals surface area contributed by atoms with E-state index in [4.69, 9.17) is 16.6 Å². The van der Waals surface area contributed by atoms with Crippen molar-refractivity contribution in [2.24, 2.45) is 17.5 Å². The van der Waals surface area contributed by atoms with Gasteiger partial charge in [-0.15, -0.1) is 0 Å². The minimum Gasteiger partial charge on any atom is -0.393 e. The Labute approximate surface area is 366 Å². The number of nitrogens with two attached hydrogens (primary N) is 2. The molecule has 17 nitrogen and oxygen atoms in total. The van der Waals surface area contributed by atoms with E-state index in [1.54, 1.807) is 18.3 Å². The van der Waals surface area contributed by atoms with Crippen LogP contribution in [0.15, 0.2) is 84.8 Å². The van der Waals surface area contributed by atoms with Gasteiger partial charge in [0.1, 0.15) is 11.7 Å². The average molecular weight is 855 g/mol. The Bertz CT molecular complexity index is 2470. The fourth-order valence-electron chi connectivity index (χ4n) is 8.30. The van der Waals surface area contributed by atoms with E-state index in [1.165, 1.54) is 11.2 Å². The lowest BCUT2D eigenvalue weighted by atomic mass is 9.97. The van der Waals surface area contributed by atoms with Crippen LogP contribution in [0.25, 0.3) is 11.3 Å². The standard InChI is InChI=1S/C46H54N12O5/c1-28-21-30(5-6-31(28)23-50-41(60)37(47)27-57(48)46(2,3)4)38-15-16-49-45(52-38)51-32-7-9-33(10-8-32)55-19-17-54(18-20-55)24-29-25-56(26-29)34-11-12-35-36(22-34)44(63)58(43(35)62)39-13-14-40(59)53-42(39)61/h5-12,15-16,21-22,27,29,39H,13-14,17-20,23-26,47-48H2,1-4H3,(H,50,60)(H,49,51,52)(H,53,59,61)/b37-27-. The van der Waals surface area contributed by atoms with E-state index in [2.05, 4.69) is 47.8 Å². The van der Waals surface area contributed by atoms with Crippen LogP contribution < -0.4 is 37.3 Å². The highest BCUT2D eigenvalue weighted by molar-refractivity contribution is 6.23. The first-order valence-electron chi connectivity index (χ1n) is 21.3. The number of imide groups is 2. The minimum absolute atomic E-state index is 0.0350. The predicted molar refractivity (Wildman–Crippen MR) is 239 cm³/mol. The number of aryl methyl sites for hydroxylation is 1. The summed E-state index contributed by atoms with van der Waals surface area (Å²) >= 11 is 0. The Morgan fingerprint density at radius 1 is 0.905 bits per heavy atom. The van der Waals surface area contributed by atoms with Crippen molar-refractivity contribution in [1.29, 1.82) is 0 Å². The minimum atomic E-state index is -0.973. The van der Waals surface area contributed by atoms with E-state index in [0.717, 1.165) is 90.2 Å². The van der Waals surface area contributed by atoms with E-state index >= 15 is 0 Å². The summed E-state index contributed by atoms with van der Waals surface area (Å²) in [6, 6.07) is 20.5. The largest absolute Gasteiger partial charge is 0.393 e. The zero-order valence-electron chi connectivity index (χ0n) is 36.1. The van der Waals surface area contributed by atoms with Gasteiger partial charge in [-0.3, -0.25) is 39.1 Å². The Balaban J connectivity index is 0.784. The molecule has 8 rings (SSSR count). The molecule has 7 N–H and O–H groups in total. The summed E-state index contributed by atoms with van der Waals surface area (Å²) in [5.41, 5.74) is 12.8. The van der Waals surface area contributed by atoms with E-state index in [9.17, 15) is 24.0 Å². The number of nitrogens with zero attached hydrogens (tertiary/aromatic N) is 7. The third-order valence-electron chi connectivity index (χ3n) is 12.2. The molecule has 0 saturated carbocycles. The van der Waals surface area contributed by atoms with Crippen LogP contribution >= 0.6 is 0 Å². The molecule has 4 aromatic rings. The molecule has 4 aliphatic heterocycles. The fraction of sp³-hybridized carbons (Fsp3) is 0.370. The van der Waals surface area contributed by atoms with Crippen LogP contribution in [0.3, 0.4) is 0 Å². The summed E-state index contributed by atoms with van der Waals surface area (Å²) in [7, 11) is 0. The van der Waals surface area contributed by atoms with Crippen molar-refractivity contribution in [2.75, 3.05) is 60.9 Å². The molecule has 1 atom stereocenters. The molecule has 1 aromatic heterocycles. The van der Waals surface area contributed by atoms with Crippen LogP contribution in [0.2, 0.25) is 0 Å². The summed E-state index contributed by atoms with van der Waals surface area (Å²) in [4.78, 5) is 80.4.